The van der Waals surface area contributed by atoms with Crippen LogP contribution in [0.4, 0.5) is 5.69 Å². The molecule has 0 amide bonds. The first kappa shape index (κ1) is 12.1. The lowest BCUT2D eigenvalue weighted by atomic mass is 9.88. The summed E-state index contributed by atoms with van der Waals surface area (Å²) >= 11 is 0. The largest absolute Gasteiger partial charge is 0.381 e. The number of nitrogens with one attached hydrogen (secondary N) is 1. The van der Waals surface area contributed by atoms with Crippen molar-refractivity contribution in [1.29, 1.82) is 0 Å². The van der Waals surface area contributed by atoms with Crippen molar-refractivity contribution in [3.63, 3.8) is 0 Å². The summed E-state index contributed by atoms with van der Waals surface area (Å²) in [5, 5.41) is 3.46. The van der Waals surface area contributed by atoms with Crippen molar-refractivity contribution in [1.82, 2.24) is 0 Å². The molecule has 2 nitrogen and oxygen atoms in total. The predicted molar refractivity (Wildman–Crippen MR) is 67.0 cm³/mol. The molecule has 1 rings (SSSR count). The Bertz CT molecular complexity index is 274. The minimum atomic E-state index is 0.311. The molecule has 1 aromatic rings. The van der Waals surface area contributed by atoms with E-state index in [1.54, 1.807) is 0 Å². The standard InChI is InChI=1S/C13H22N2/c1-13(2,3)9-12(10-14)15-11-7-5-4-6-8-11/h4-8,12,15H,9-10,14H2,1-3H3. The maximum absolute atomic E-state index is 5.77. The summed E-state index contributed by atoms with van der Waals surface area (Å²) in [6.07, 6.45) is 1.08. The van der Waals surface area contributed by atoms with E-state index in [4.69, 9.17) is 5.73 Å². The van der Waals surface area contributed by atoms with Crippen LogP contribution >= 0.6 is 0 Å². The van der Waals surface area contributed by atoms with E-state index in [9.17, 15) is 0 Å². The second-order valence-electron chi connectivity index (χ2n) is 5.21. The highest BCUT2D eigenvalue weighted by molar-refractivity contribution is 5.43. The van der Waals surface area contributed by atoms with E-state index >= 15 is 0 Å². The number of nitrogens with two attached hydrogens (primary N) is 1. The molecule has 1 aromatic carbocycles. The van der Waals surface area contributed by atoms with Gasteiger partial charge in [-0.3, -0.25) is 0 Å². The zero-order valence-corrected chi connectivity index (χ0v) is 9.96. The molecule has 0 spiro atoms. The zero-order chi connectivity index (χ0) is 11.3. The monoisotopic (exact) mass is 206 g/mol. The van der Waals surface area contributed by atoms with Crippen molar-refractivity contribution < 1.29 is 0 Å². The van der Waals surface area contributed by atoms with Crippen LogP contribution in [-0.2, 0) is 0 Å². The second kappa shape index (κ2) is 5.17. The third-order valence-electron chi connectivity index (χ3n) is 2.29. The molecule has 0 saturated carbocycles. The number of anilines is 1. The van der Waals surface area contributed by atoms with E-state index in [2.05, 4.69) is 38.2 Å². The molecule has 2 heteroatoms. The van der Waals surface area contributed by atoms with Crippen LogP contribution < -0.4 is 11.1 Å². The van der Waals surface area contributed by atoms with Crippen LogP contribution in [0.2, 0.25) is 0 Å². The maximum Gasteiger partial charge on any atom is 0.0388 e. The third kappa shape index (κ3) is 4.84. The van der Waals surface area contributed by atoms with E-state index in [1.807, 2.05) is 18.2 Å². The molecule has 3 N–H and O–H groups in total. The van der Waals surface area contributed by atoms with Crippen molar-refractivity contribution in [2.75, 3.05) is 11.9 Å². The number of rotatable bonds is 4. The van der Waals surface area contributed by atoms with Gasteiger partial charge in [0.2, 0.25) is 0 Å². The lowest BCUT2D eigenvalue weighted by Crippen LogP contribution is -2.32. The lowest BCUT2D eigenvalue weighted by molar-refractivity contribution is 0.351. The van der Waals surface area contributed by atoms with E-state index in [0.717, 1.165) is 12.1 Å². The van der Waals surface area contributed by atoms with E-state index in [1.165, 1.54) is 0 Å². The molecule has 0 heterocycles. The van der Waals surface area contributed by atoms with Gasteiger partial charge in [0.05, 0.1) is 0 Å². The van der Waals surface area contributed by atoms with E-state index in [-0.39, 0.29) is 0 Å². The fourth-order valence-corrected chi connectivity index (χ4v) is 1.70. The highest BCUT2D eigenvalue weighted by atomic mass is 14.9. The summed E-state index contributed by atoms with van der Waals surface area (Å²) in [5.41, 5.74) is 7.23. The van der Waals surface area contributed by atoms with Gasteiger partial charge in [-0.15, -0.1) is 0 Å². The van der Waals surface area contributed by atoms with Gasteiger partial charge in [-0.1, -0.05) is 39.0 Å². The second-order valence-corrected chi connectivity index (χ2v) is 5.21. The topological polar surface area (TPSA) is 38.0 Å². The molecule has 15 heavy (non-hydrogen) atoms. The normalized spacial score (nSPS) is 13.6. The Balaban J connectivity index is 2.55. The fourth-order valence-electron chi connectivity index (χ4n) is 1.70. The van der Waals surface area contributed by atoms with Crippen LogP contribution in [0, 0.1) is 5.41 Å². The molecule has 0 bridgehead atoms. The van der Waals surface area contributed by atoms with Crippen molar-refractivity contribution in [3.05, 3.63) is 30.3 Å². The molecular weight excluding hydrogens is 184 g/mol. The highest BCUT2D eigenvalue weighted by Gasteiger charge is 2.17. The van der Waals surface area contributed by atoms with Crippen molar-refractivity contribution >= 4 is 5.69 Å². The smallest absolute Gasteiger partial charge is 0.0388 e. The van der Waals surface area contributed by atoms with Gasteiger partial charge in [-0.2, -0.15) is 0 Å². The van der Waals surface area contributed by atoms with Crippen LogP contribution in [0.3, 0.4) is 0 Å². The van der Waals surface area contributed by atoms with Crippen LogP contribution in [0.15, 0.2) is 30.3 Å². The van der Waals surface area contributed by atoms with Gasteiger partial charge in [-0.25, -0.2) is 0 Å². The average Bonchev–Trinajstić information content (AvgIpc) is 2.16. The van der Waals surface area contributed by atoms with Crippen LogP contribution in [-0.4, -0.2) is 12.6 Å². The van der Waals surface area contributed by atoms with Crippen LogP contribution in [0.1, 0.15) is 27.2 Å². The average molecular weight is 206 g/mol. The third-order valence-corrected chi connectivity index (χ3v) is 2.29. The molecule has 84 valence electrons. The molecule has 1 unspecified atom stereocenters. The molecule has 0 fully saturated rings. The first-order chi connectivity index (χ1) is 7.01. The Morgan fingerprint density at radius 3 is 2.27 bits per heavy atom. The Kier molecular flexibility index (Phi) is 4.15. The summed E-state index contributed by atoms with van der Waals surface area (Å²) in [6, 6.07) is 10.6. The number of hydrogen-bond donors (Lipinski definition) is 2. The van der Waals surface area contributed by atoms with E-state index in [0.29, 0.717) is 18.0 Å². The highest BCUT2D eigenvalue weighted by Crippen LogP contribution is 2.22. The van der Waals surface area contributed by atoms with Crippen molar-refractivity contribution in [3.8, 4) is 0 Å². The number of para-hydroxylation sites is 1. The summed E-state index contributed by atoms with van der Waals surface area (Å²) in [4.78, 5) is 0. The van der Waals surface area contributed by atoms with Crippen LogP contribution in [0.5, 0.6) is 0 Å². The summed E-state index contributed by atoms with van der Waals surface area (Å²) in [7, 11) is 0. The molecule has 0 aromatic heterocycles. The SMILES string of the molecule is CC(C)(C)CC(CN)Nc1ccccc1. The first-order valence-electron chi connectivity index (χ1n) is 5.53. The summed E-state index contributed by atoms with van der Waals surface area (Å²) in [6.45, 7) is 7.39. The van der Waals surface area contributed by atoms with Gasteiger partial charge >= 0.3 is 0 Å². The fraction of sp³-hybridized carbons (Fsp3) is 0.538. The minimum absolute atomic E-state index is 0.311. The number of benzene rings is 1. The summed E-state index contributed by atoms with van der Waals surface area (Å²) < 4.78 is 0. The quantitative estimate of drug-likeness (QED) is 0.795. The molecule has 1 atom stereocenters. The molecule has 0 radical (unpaired) electrons. The minimum Gasteiger partial charge on any atom is -0.381 e. The van der Waals surface area contributed by atoms with Gasteiger partial charge in [0.15, 0.2) is 0 Å². The van der Waals surface area contributed by atoms with E-state index < -0.39 is 0 Å². The Hall–Kier alpha value is -1.02. The van der Waals surface area contributed by atoms with Crippen LogP contribution in [0.25, 0.3) is 0 Å². The number of hydrogen-bond acceptors (Lipinski definition) is 2. The lowest BCUT2D eigenvalue weighted by Gasteiger charge is -2.26. The van der Waals surface area contributed by atoms with Gasteiger partial charge in [0.25, 0.3) is 0 Å². The molecule has 0 aliphatic rings. The Labute approximate surface area is 92.9 Å². The van der Waals surface area contributed by atoms with Gasteiger partial charge in [0, 0.05) is 18.3 Å². The molecule has 0 aliphatic heterocycles. The van der Waals surface area contributed by atoms with Gasteiger partial charge < -0.3 is 11.1 Å². The van der Waals surface area contributed by atoms with Gasteiger partial charge in [-0.05, 0) is 24.0 Å². The Morgan fingerprint density at radius 2 is 1.80 bits per heavy atom. The molecule has 0 aliphatic carbocycles. The van der Waals surface area contributed by atoms with Crippen molar-refractivity contribution in [2.45, 2.75) is 33.2 Å². The maximum atomic E-state index is 5.77. The zero-order valence-electron chi connectivity index (χ0n) is 9.96. The van der Waals surface area contributed by atoms with Crippen molar-refractivity contribution in [2.24, 2.45) is 11.1 Å². The molecule has 0 saturated heterocycles. The first-order valence-corrected chi connectivity index (χ1v) is 5.53. The molecular formula is C13H22N2. The summed E-state index contributed by atoms with van der Waals surface area (Å²) in [5.74, 6) is 0. The van der Waals surface area contributed by atoms with Gasteiger partial charge in [0.1, 0.15) is 0 Å². The Morgan fingerprint density at radius 1 is 1.20 bits per heavy atom. The predicted octanol–water partition coefficient (Wildman–Crippen LogP) is 2.86.